The highest BCUT2D eigenvalue weighted by Crippen LogP contribution is 2.28. The number of nitrogens with zero attached hydrogens (tertiary/aromatic N) is 2. The SMILES string of the molecule is Cn1cc(S(=O)(=O)NCC[C@H](c2ccccc2)c2ccco2)c(=O)n(C)c1=O. The summed E-state index contributed by atoms with van der Waals surface area (Å²) in [5.41, 5.74) is -0.457. The van der Waals surface area contributed by atoms with Crippen LogP contribution in [0.25, 0.3) is 0 Å². The number of aryl methyl sites for hydroxylation is 1. The van der Waals surface area contributed by atoms with Gasteiger partial charge in [-0.05, 0) is 24.1 Å². The molecule has 0 bridgehead atoms. The van der Waals surface area contributed by atoms with Crippen molar-refractivity contribution in [2.45, 2.75) is 17.2 Å². The fourth-order valence-corrected chi connectivity index (χ4v) is 4.23. The van der Waals surface area contributed by atoms with Crippen molar-refractivity contribution in [2.75, 3.05) is 6.54 Å². The minimum Gasteiger partial charge on any atom is -0.469 e. The molecule has 8 nitrogen and oxygen atoms in total. The summed E-state index contributed by atoms with van der Waals surface area (Å²) in [6.45, 7) is 0.0919. The van der Waals surface area contributed by atoms with E-state index in [1.54, 1.807) is 12.3 Å². The summed E-state index contributed by atoms with van der Waals surface area (Å²) in [5, 5.41) is 0. The van der Waals surface area contributed by atoms with Gasteiger partial charge in [0, 0.05) is 32.8 Å². The first-order valence-corrected chi connectivity index (χ1v) is 10.1. The standard InChI is InChI=1S/C19H21N3O5S/c1-21-13-17(18(23)22(2)19(21)24)28(25,26)20-11-10-15(16-9-6-12-27-16)14-7-4-3-5-8-14/h3-9,12-13,15,20H,10-11H2,1-2H3/t15-/m1/s1. The average Bonchev–Trinajstić information content (AvgIpc) is 3.21. The van der Waals surface area contributed by atoms with Gasteiger partial charge >= 0.3 is 5.69 Å². The fraction of sp³-hybridized carbons (Fsp3) is 0.263. The molecule has 0 fully saturated rings. The first-order valence-electron chi connectivity index (χ1n) is 8.66. The van der Waals surface area contributed by atoms with Gasteiger partial charge in [0.15, 0.2) is 4.90 Å². The molecule has 0 saturated heterocycles. The van der Waals surface area contributed by atoms with Crippen LogP contribution in [-0.2, 0) is 24.1 Å². The van der Waals surface area contributed by atoms with E-state index in [-0.39, 0.29) is 12.5 Å². The molecule has 2 aromatic heterocycles. The van der Waals surface area contributed by atoms with Crippen LogP contribution in [0.15, 0.2) is 73.8 Å². The lowest BCUT2D eigenvalue weighted by atomic mass is 9.93. The molecule has 1 atom stereocenters. The van der Waals surface area contributed by atoms with Crippen molar-refractivity contribution in [3.8, 4) is 0 Å². The van der Waals surface area contributed by atoms with E-state index in [0.717, 1.165) is 26.7 Å². The number of hydrogen-bond donors (Lipinski definition) is 1. The lowest BCUT2D eigenvalue weighted by Crippen LogP contribution is -2.41. The van der Waals surface area contributed by atoms with Crippen molar-refractivity contribution in [3.05, 3.63) is 87.1 Å². The Kier molecular flexibility index (Phi) is 5.66. The molecule has 148 valence electrons. The van der Waals surface area contributed by atoms with E-state index in [1.165, 1.54) is 14.1 Å². The second-order valence-corrected chi connectivity index (χ2v) is 8.15. The summed E-state index contributed by atoms with van der Waals surface area (Å²) < 4.78 is 35.0. The van der Waals surface area contributed by atoms with Gasteiger partial charge in [-0.1, -0.05) is 30.3 Å². The van der Waals surface area contributed by atoms with Crippen LogP contribution in [0.5, 0.6) is 0 Å². The molecule has 0 aliphatic carbocycles. The van der Waals surface area contributed by atoms with Gasteiger partial charge in [-0.25, -0.2) is 17.9 Å². The van der Waals surface area contributed by atoms with E-state index < -0.39 is 26.2 Å². The summed E-state index contributed by atoms with van der Waals surface area (Å²) in [7, 11) is -1.44. The Morgan fingerprint density at radius 1 is 1.07 bits per heavy atom. The zero-order valence-corrected chi connectivity index (χ0v) is 16.3. The number of nitrogens with one attached hydrogen (secondary N) is 1. The van der Waals surface area contributed by atoms with E-state index >= 15 is 0 Å². The minimum absolute atomic E-state index is 0.0919. The molecule has 0 unspecified atom stereocenters. The van der Waals surface area contributed by atoms with Crippen LogP contribution in [0.1, 0.15) is 23.7 Å². The van der Waals surface area contributed by atoms with Gasteiger partial charge in [0.25, 0.3) is 5.56 Å². The Hall–Kier alpha value is -2.91. The maximum Gasteiger partial charge on any atom is 0.330 e. The predicted octanol–water partition coefficient (Wildman–Crippen LogP) is 1.18. The second-order valence-electron chi connectivity index (χ2n) is 6.42. The number of sulfonamides is 1. The normalized spacial score (nSPS) is 12.8. The van der Waals surface area contributed by atoms with E-state index in [0.29, 0.717) is 6.42 Å². The molecular weight excluding hydrogens is 382 g/mol. The third-order valence-corrected chi connectivity index (χ3v) is 5.96. The third kappa shape index (κ3) is 4.00. The molecule has 3 aromatic rings. The van der Waals surface area contributed by atoms with Gasteiger partial charge in [0.1, 0.15) is 5.76 Å². The second kappa shape index (κ2) is 7.99. The maximum absolute atomic E-state index is 12.6. The fourth-order valence-electron chi connectivity index (χ4n) is 3.02. The zero-order valence-electron chi connectivity index (χ0n) is 15.5. The lowest BCUT2D eigenvalue weighted by Gasteiger charge is -2.16. The van der Waals surface area contributed by atoms with Crippen molar-refractivity contribution < 1.29 is 12.8 Å². The number of furan rings is 1. The highest BCUT2D eigenvalue weighted by atomic mass is 32.2. The molecule has 0 saturated carbocycles. The maximum atomic E-state index is 12.6. The molecule has 0 aliphatic heterocycles. The van der Waals surface area contributed by atoms with Crippen LogP contribution in [0.2, 0.25) is 0 Å². The molecule has 0 amide bonds. The summed E-state index contributed by atoms with van der Waals surface area (Å²) in [5.74, 6) is 0.588. The number of rotatable bonds is 7. The van der Waals surface area contributed by atoms with E-state index in [2.05, 4.69) is 4.72 Å². The highest BCUT2D eigenvalue weighted by molar-refractivity contribution is 7.89. The van der Waals surface area contributed by atoms with Gasteiger partial charge in [-0.2, -0.15) is 0 Å². The lowest BCUT2D eigenvalue weighted by molar-refractivity contribution is 0.472. The Labute approximate surface area is 162 Å². The van der Waals surface area contributed by atoms with Gasteiger partial charge in [0.2, 0.25) is 10.0 Å². The highest BCUT2D eigenvalue weighted by Gasteiger charge is 2.23. The van der Waals surface area contributed by atoms with Crippen LogP contribution in [0.4, 0.5) is 0 Å². The van der Waals surface area contributed by atoms with Crippen LogP contribution >= 0.6 is 0 Å². The van der Waals surface area contributed by atoms with Crippen LogP contribution in [0.3, 0.4) is 0 Å². The van der Waals surface area contributed by atoms with Crippen molar-refractivity contribution in [3.63, 3.8) is 0 Å². The number of benzene rings is 1. The average molecular weight is 403 g/mol. The third-order valence-electron chi connectivity index (χ3n) is 4.52. The Bertz CT molecular complexity index is 1160. The van der Waals surface area contributed by atoms with Crippen molar-refractivity contribution >= 4 is 10.0 Å². The monoisotopic (exact) mass is 403 g/mol. The molecule has 28 heavy (non-hydrogen) atoms. The van der Waals surface area contributed by atoms with Gasteiger partial charge in [0.05, 0.1) is 6.26 Å². The number of aromatic nitrogens is 2. The quantitative estimate of drug-likeness (QED) is 0.638. The predicted molar refractivity (Wildman–Crippen MR) is 104 cm³/mol. The van der Waals surface area contributed by atoms with Crippen molar-refractivity contribution in [1.82, 2.24) is 13.9 Å². The smallest absolute Gasteiger partial charge is 0.330 e. The van der Waals surface area contributed by atoms with Gasteiger partial charge in [-0.15, -0.1) is 0 Å². The Balaban J connectivity index is 1.81. The van der Waals surface area contributed by atoms with Crippen molar-refractivity contribution in [1.29, 1.82) is 0 Å². The molecule has 0 spiro atoms. The summed E-state index contributed by atoms with van der Waals surface area (Å²) in [6.07, 6.45) is 3.04. The van der Waals surface area contributed by atoms with Gasteiger partial charge < -0.3 is 8.98 Å². The summed E-state index contributed by atoms with van der Waals surface area (Å²) in [4.78, 5) is 23.5. The van der Waals surface area contributed by atoms with E-state index in [1.807, 2.05) is 36.4 Å². The molecule has 9 heteroatoms. The molecule has 2 heterocycles. The van der Waals surface area contributed by atoms with E-state index in [9.17, 15) is 18.0 Å². The zero-order chi connectivity index (χ0) is 20.3. The summed E-state index contributed by atoms with van der Waals surface area (Å²) in [6, 6.07) is 13.2. The molecule has 1 N–H and O–H groups in total. The molecule has 1 aromatic carbocycles. The molecule has 0 radical (unpaired) electrons. The first kappa shape index (κ1) is 19.8. The van der Waals surface area contributed by atoms with Crippen LogP contribution in [0, 0.1) is 0 Å². The van der Waals surface area contributed by atoms with Crippen molar-refractivity contribution in [2.24, 2.45) is 14.1 Å². The molecule has 0 aliphatic rings. The number of hydrogen-bond acceptors (Lipinski definition) is 5. The first-order chi connectivity index (χ1) is 13.3. The molecule has 3 rings (SSSR count). The van der Waals surface area contributed by atoms with Crippen LogP contribution in [-0.4, -0.2) is 24.1 Å². The Morgan fingerprint density at radius 3 is 2.43 bits per heavy atom. The minimum atomic E-state index is -4.07. The van der Waals surface area contributed by atoms with Gasteiger partial charge in [-0.3, -0.25) is 9.36 Å². The Morgan fingerprint density at radius 2 is 1.79 bits per heavy atom. The summed E-state index contributed by atoms with van der Waals surface area (Å²) >= 11 is 0. The largest absolute Gasteiger partial charge is 0.469 e. The topological polar surface area (TPSA) is 103 Å². The van der Waals surface area contributed by atoms with Crippen LogP contribution < -0.4 is 16.0 Å². The molecular formula is C19H21N3O5S. The van der Waals surface area contributed by atoms with E-state index in [4.69, 9.17) is 4.42 Å².